The SMILES string of the molecule is COc1ccc(C(C)NCCCCSC)c(F)c1. The fraction of sp³-hybridized carbons (Fsp3) is 0.571. The van der Waals surface area contributed by atoms with Gasteiger partial charge in [0.25, 0.3) is 0 Å². The Labute approximate surface area is 113 Å². The van der Waals surface area contributed by atoms with Crippen LogP contribution in [0.15, 0.2) is 18.2 Å². The first-order valence-corrected chi connectivity index (χ1v) is 7.64. The van der Waals surface area contributed by atoms with Gasteiger partial charge in [0.1, 0.15) is 11.6 Å². The Morgan fingerprint density at radius 2 is 2.17 bits per heavy atom. The molecule has 0 fully saturated rings. The van der Waals surface area contributed by atoms with Gasteiger partial charge in [-0.3, -0.25) is 0 Å². The Morgan fingerprint density at radius 3 is 2.78 bits per heavy atom. The van der Waals surface area contributed by atoms with E-state index in [-0.39, 0.29) is 11.9 Å². The molecule has 18 heavy (non-hydrogen) atoms. The number of halogens is 1. The van der Waals surface area contributed by atoms with Crippen LogP contribution < -0.4 is 10.1 Å². The molecule has 1 aromatic carbocycles. The van der Waals surface area contributed by atoms with E-state index in [2.05, 4.69) is 11.6 Å². The monoisotopic (exact) mass is 271 g/mol. The molecule has 0 aliphatic carbocycles. The number of nitrogens with one attached hydrogen (secondary N) is 1. The highest BCUT2D eigenvalue weighted by Gasteiger charge is 2.10. The topological polar surface area (TPSA) is 21.3 Å². The van der Waals surface area contributed by atoms with Crippen molar-refractivity contribution in [1.82, 2.24) is 5.32 Å². The summed E-state index contributed by atoms with van der Waals surface area (Å²) in [6, 6.07) is 5.05. The summed E-state index contributed by atoms with van der Waals surface area (Å²) in [6.45, 7) is 2.91. The van der Waals surface area contributed by atoms with Gasteiger partial charge >= 0.3 is 0 Å². The molecule has 102 valence electrons. The van der Waals surface area contributed by atoms with Crippen molar-refractivity contribution in [3.63, 3.8) is 0 Å². The molecule has 0 heterocycles. The summed E-state index contributed by atoms with van der Waals surface area (Å²) in [6.07, 6.45) is 4.44. The first-order valence-electron chi connectivity index (χ1n) is 6.24. The number of ether oxygens (including phenoxy) is 1. The van der Waals surface area contributed by atoms with Gasteiger partial charge < -0.3 is 10.1 Å². The van der Waals surface area contributed by atoms with Crippen LogP contribution in [-0.2, 0) is 0 Å². The lowest BCUT2D eigenvalue weighted by atomic mass is 10.1. The van der Waals surface area contributed by atoms with Gasteiger partial charge in [0.05, 0.1) is 7.11 Å². The fourth-order valence-corrected chi connectivity index (χ4v) is 2.28. The second-order valence-corrected chi connectivity index (χ2v) is 5.25. The predicted molar refractivity (Wildman–Crippen MR) is 77.0 cm³/mol. The van der Waals surface area contributed by atoms with Crippen LogP contribution in [0.1, 0.15) is 31.4 Å². The summed E-state index contributed by atoms with van der Waals surface area (Å²) in [5, 5.41) is 3.35. The maximum Gasteiger partial charge on any atom is 0.131 e. The molecule has 0 spiro atoms. The van der Waals surface area contributed by atoms with Gasteiger partial charge in [0, 0.05) is 17.7 Å². The standard InChI is InChI=1S/C14H22FNOS/c1-11(16-8-4-5-9-18-3)13-7-6-12(17-2)10-14(13)15/h6-7,10-11,16H,4-5,8-9H2,1-3H3. The smallest absolute Gasteiger partial charge is 0.131 e. The maximum atomic E-state index is 13.8. The molecule has 0 bridgehead atoms. The van der Waals surface area contributed by atoms with Gasteiger partial charge in [-0.2, -0.15) is 11.8 Å². The average molecular weight is 271 g/mol. The van der Waals surface area contributed by atoms with Crippen LogP contribution in [0.4, 0.5) is 4.39 Å². The average Bonchev–Trinajstić information content (AvgIpc) is 2.38. The van der Waals surface area contributed by atoms with Gasteiger partial charge in [0.2, 0.25) is 0 Å². The van der Waals surface area contributed by atoms with E-state index < -0.39 is 0 Å². The van der Waals surface area contributed by atoms with Crippen molar-refractivity contribution in [2.75, 3.05) is 25.7 Å². The van der Waals surface area contributed by atoms with E-state index in [9.17, 15) is 4.39 Å². The molecule has 0 saturated heterocycles. The van der Waals surface area contributed by atoms with Crippen molar-refractivity contribution in [1.29, 1.82) is 0 Å². The van der Waals surface area contributed by atoms with Gasteiger partial charge in [-0.05, 0) is 44.4 Å². The molecule has 4 heteroatoms. The van der Waals surface area contributed by atoms with Crippen molar-refractivity contribution >= 4 is 11.8 Å². The maximum absolute atomic E-state index is 13.8. The third-order valence-electron chi connectivity index (χ3n) is 2.90. The number of rotatable bonds is 8. The minimum atomic E-state index is -0.210. The number of methoxy groups -OCH3 is 1. The molecule has 1 atom stereocenters. The number of thioether (sulfide) groups is 1. The molecule has 0 aliphatic rings. The lowest BCUT2D eigenvalue weighted by molar-refractivity contribution is 0.409. The van der Waals surface area contributed by atoms with Crippen molar-refractivity contribution in [3.05, 3.63) is 29.6 Å². The largest absolute Gasteiger partial charge is 0.497 e. The Morgan fingerprint density at radius 1 is 1.39 bits per heavy atom. The summed E-state index contributed by atoms with van der Waals surface area (Å²) in [7, 11) is 1.54. The number of unbranched alkanes of at least 4 members (excludes halogenated alkanes) is 1. The van der Waals surface area contributed by atoms with Gasteiger partial charge in [-0.15, -0.1) is 0 Å². The molecule has 0 radical (unpaired) electrons. The van der Waals surface area contributed by atoms with Gasteiger partial charge in [0.15, 0.2) is 0 Å². The van der Waals surface area contributed by atoms with Crippen molar-refractivity contribution in [3.8, 4) is 5.75 Å². The second-order valence-electron chi connectivity index (χ2n) is 4.26. The third-order valence-corrected chi connectivity index (χ3v) is 3.60. The second kappa shape index (κ2) is 8.38. The zero-order valence-electron chi connectivity index (χ0n) is 11.3. The van der Waals surface area contributed by atoms with E-state index in [1.807, 2.05) is 18.7 Å². The van der Waals surface area contributed by atoms with E-state index in [0.29, 0.717) is 11.3 Å². The Bertz CT molecular complexity index is 360. The Kier molecular flexibility index (Phi) is 7.13. The van der Waals surface area contributed by atoms with Crippen LogP contribution in [0.5, 0.6) is 5.75 Å². The first-order chi connectivity index (χ1) is 8.69. The summed E-state index contributed by atoms with van der Waals surface area (Å²) >= 11 is 1.86. The summed E-state index contributed by atoms with van der Waals surface area (Å²) in [4.78, 5) is 0. The highest BCUT2D eigenvalue weighted by molar-refractivity contribution is 7.98. The molecule has 0 saturated carbocycles. The number of hydrogen-bond acceptors (Lipinski definition) is 3. The van der Waals surface area contributed by atoms with Crippen molar-refractivity contribution < 1.29 is 9.13 Å². The number of benzene rings is 1. The first kappa shape index (κ1) is 15.3. The Balaban J connectivity index is 2.43. The van der Waals surface area contributed by atoms with Crippen LogP contribution in [0.2, 0.25) is 0 Å². The van der Waals surface area contributed by atoms with Crippen LogP contribution >= 0.6 is 11.8 Å². The molecule has 1 N–H and O–H groups in total. The highest BCUT2D eigenvalue weighted by atomic mass is 32.2. The number of hydrogen-bond donors (Lipinski definition) is 1. The van der Waals surface area contributed by atoms with E-state index in [1.54, 1.807) is 19.2 Å². The van der Waals surface area contributed by atoms with Gasteiger partial charge in [-0.1, -0.05) is 6.07 Å². The molecular weight excluding hydrogens is 249 g/mol. The molecule has 2 nitrogen and oxygen atoms in total. The quantitative estimate of drug-likeness (QED) is 0.730. The van der Waals surface area contributed by atoms with Crippen LogP contribution in [0.3, 0.4) is 0 Å². The molecule has 1 unspecified atom stereocenters. The van der Waals surface area contributed by atoms with Gasteiger partial charge in [-0.25, -0.2) is 4.39 Å². The third kappa shape index (κ3) is 4.86. The van der Waals surface area contributed by atoms with Crippen molar-refractivity contribution in [2.24, 2.45) is 0 Å². The van der Waals surface area contributed by atoms with E-state index in [0.717, 1.165) is 13.0 Å². The minimum absolute atomic E-state index is 0.0326. The molecule has 1 aromatic rings. The highest BCUT2D eigenvalue weighted by Crippen LogP contribution is 2.21. The lowest BCUT2D eigenvalue weighted by Gasteiger charge is -2.15. The predicted octanol–water partition coefficient (Wildman–Crippen LogP) is 3.63. The summed E-state index contributed by atoms with van der Waals surface area (Å²) in [5.41, 5.74) is 0.695. The van der Waals surface area contributed by atoms with Crippen LogP contribution in [0, 0.1) is 5.82 Å². The normalized spacial score (nSPS) is 12.4. The van der Waals surface area contributed by atoms with Crippen molar-refractivity contribution in [2.45, 2.75) is 25.8 Å². The van der Waals surface area contributed by atoms with E-state index >= 15 is 0 Å². The molecule has 1 rings (SSSR count). The molecule has 0 aromatic heterocycles. The fourth-order valence-electron chi connectivity index (χ4n) is 1.79. The lowest BCUT2D eigenvalue weighted by Crippen LogP contribution is -2.20. The zero-order valence-corrected chi connectivity index (χ0v) is 12.1. The van der Waals surface area contributed by atoms with E-state index in [4.69, 9.17) is 4.74 Å². The molecule has 0 amide bonds. The molecular formula is C14H22FNOS. The molecule has 0 aliphatic heterocycles. The summed E-state index contributed by atoms with van der Waals surface area (Å²) in [5.74, 6) is 1.54. The van der Waals surface area contributed by atoms with Crippen LogP contribution in [-0.4, -0.2) is 25.7 Å². The zero-order chi connectivity index (χ0) is 13.4. The minimum Gasteiger partial charge on any atom is -0.497 e. The van der Waals surface area contributed by atoms with E-state index in [1.165, 1.54) is 18.2 Å². The Hall–Kier alpha value is -0.740. The summed E-state index contributed by atoms with van der Waals surface area (Å²) < 4.78 is 18.8. The van der Waals surface area contributed by atoms with Crippen LogP contribution in [0.25, 0.3) is 0 Å².